The van der Waals surface area contributed by atoms with Gasteiger partial charge in [0.15, 0.2) is 6.61 Å². The molecule has 0 radical (unpaired) electrons. The summed E-state index contributed by atoms with van der Waals surface area (Å²) in [5.74, 6) is 0.363. The smallest absolute Gasteiger partial charge is 0.344 e. The third-order valence-corrected chi connectivity index (χ3v) is 2.14. The van der Waals surface area contributed by atoms with E-state index in [4.69, 9.17) is 9.47 Å². The Balaban J connectivity index is 2.51. The molecule has 0 spiro atoms. The van der Waals surface area contributed by atoms with Gasteiger partial charge in [0.1, 0.15) is 5.75 Å². The van der Waals surface area contributed by atoms with Crippen LogP contribution in [-0.2, 0) is 9.53 Å². The van der Waals surface area contributed by atoms with Crippen molar-refractivity contribution < 1.29 is 14.3 Å². The molecule has 0 aliphatic carbocycles. The van der Waals surface area contributed by atoms with Crippen LogP contribution < -0.4 is 4.74 Å². The quantitative estimate of drug-likeness (QED) is 0.712. The zero-order valence-electron chi connectivity index (χ0n) is 9.37. The second kappa shape index (κ2) is 5.39. The number of aryl methyl sites for hydroxylation is 2. The zero-order valence-corrected chi connectivity index (χ0v) is 9.37. The highest BCUT2D eigenvalue weighted by Gasteiger charge is 2.03. The predicted octanol–water partition coefficient (Wildman–Crippen LogP) is 2.25. The van der Waals surface area contributed by atoms with Crippen LogP contribution in [0, 0.1) is 13.8 Å². The lowest BCUT2D eigenvalue weighted by atomic mass is 10.1. The molecular formula is C12H16O3. The molecule has 0 unspecified atom stereocenters. The lowest BCUT2D eigenvalue weighted by Gasteiger charge is -2.07. The van der Waals surface area contributed by atoms with Gasteiger partial charge in [-0.3, -0.25) is 0 Å². The van der Waals surface area contributed by atoms with Gasteiger partial charge in [-0.1, -0.05) is 6.07 Å². The summed E-state index contributed by atoms with van der Waals surface area (Å²) >= 11 is 0. The number of ether oxygens (including phenoxy) is 2. The number of carbonyl (C=O) groups excluding carboxylic acids is 1. The molecule has 0 amide bonds. The minimum Gasteiger partial charge on any atom is -0.482 e. The van der Waals surface area contributed by atoms with E-state index in [1.807, 2.05) is 32.0 Å². The topological polar surface area (TPSA) is 35.5 Å². The molecule has 0 aliphatic heterocycles. The molecule has 1 aromatic carbocycles. The highest BCUT2D eigenvalue weighted by atomic mass is 16.6. The lowest BCUT2D eigenvalue weighted by molar-refractivity contribution is -0.145. The van der Waals surface area contributed by atoms with E-state index >= 15 is 0 Å². The fourth-order valence-electron chi connectivity index (χ4n) is 1.15. The fourth-order valence-corrected chi connectivity index (χ4v) is 1.15. The molecule has 1 aromatic rings. The molecule has 0 N–H and O–H groups in total. The third kappa shape index (κ3) is 3.62. The maximum atomic E-state index is 11.0. The normalized spacial score (nSPS) is 9.80. The van der Waals surface area contributed by atoms with Crippen molar-refractivity contribution in [1.82, 2.24) is 0 Å². The highest BCUT2D eigenvalue weighted by molar-refractivity contribution is 5.71. The van der Waals surface area contributed by atoms with Crippen LogP contribution in [0.2, 0.25) is 0 Å². The van der Waals surface area contributed by atoms with Gasteiger partial charge in [-0.05, 0) is 44.0 Å². The Morgan fingerprint density at radius 1 is 1.27 bits per heavy atom. The van der Waals surface area contributed by atoms with Crippen LogP contribution in [0.3, 0.4) is 0 Å². The van der Waals surface area contributed by atoms with E-state index in [9.17, 15) is 4.79 Å². The Morgan fingerprint density at radius 3 is 2.60 bits per heavy atom. The molecule has 0 saturated carbocycles. The molecule has 1 rings (SSSR count). The van der Waals surface area contributed by atoms with Crippen LogP contribution in [0.15, 0.2) is 18.2 Å². The van der Waals surface area contributed by atoms with Gasteiger partial charge in [0.05, 0.1) is 6.61 Å². The van der Waals surface area contributed by atoms with Crippen LogP contribution in [0.25, 0.3) is 0 Å². The Kier molecular flexibility index (Phi) is 4.16. The molecule has 0 atom stereocenters. The first-order valence-corrected chi connectivity index (χ1v) is 4.99. The molecule has 0 aromatic heterocycles. The molecule has 0 saturated heterocycles. The minimum absolute atomic E-state index is 0.0314. The summed E-state index contributed by atoms with van der Waals surface area (Å²) in [5.41, 5.74) is 2.36. The van der Waals surface area contributed by atoms with Crippen molar-refractivity contribution in [3.63, 3.8) is 0 Å². The number of esters is 1. The number of hydrogen-bond acceptors (Lipinski definition) is 3. The zero-order chi connectivity index (χ0) is 11.3. The molecule has 0 heterocycles. The summed E-state index contributed by atoms with van der Waals surface area (Å²) in [6, 6.07) is 5.73. The Hall–Kier alpha value is -1.51. The number of carbonyl (C=O) groups is 1. The van der Waals surface area contributed by atoms with E-state index in [2.05, 4.69) is 0 Å². The van der Waals surface area contributed by atoms with Gasteiger partial charge in [-0.2, -0.15) is 0 Å². The number of hydrogen-bond donors (Lipinski definition) is 0. The van der Waals surface area contributed by atoms with E-state index in [-0.39, 0.29) is 12.6 Å². The summed E-state index contributed by atoms with van der Waals surface area (Å²) in [5, 5.41) is 0. The van der Waals surface area contributed by atoms with Gasteiger partial charge >= 0.3 is 5.97 Å². The molecule has 3 heteroatoms. The predicted molar refractivity (Wildman–Crippen MR) is 58.0 cm³/mol. The van der Waals surface area contributed by atoms with Gasteiger partial charge in [0, 0.05) is 0 Å². The van der Waals surface area contributed by atoms with Crippen LogP contribution >= 0.6 is 0 Å². The molecule has 3 nitrogen and oxygen atoms in total. The summed E-state index contributed by atoms with van der Waals surface area (Å²) < 4.78 is 10.0. The van der Waals surface area contributed by atoms with Crippen LogP contribution in [0.4, 0.5) is 0 Å². The van der Waals surface area contributed by atoms with Crippen LogP contribution in [-0.4, -0.2) is 19.2 Å². The average molecular weight is 208 g/mol. The van der Waals surface area contributed by atoms with Crippen LogP contribution in [0.5, 0.6) is 5.75 Å². The molecule has 15 heavy (non-hydrogen) atoms. The van der Waals surface area contributed by atoms with Crippen molar-refractivity contribution in [3.8, 4) is 5.75 Å². The maximum Gasteiger partial charge on any atom is 0.344 e. The minimum atomic E-state index is -0.337. The largest absolute Gasteiger partial charge is 0.482 e. The SMILES string of the molecule is CCOC(=O)COc1ccc(C)c(C)c1. The Morgan fingerprint density at radius 2 is 2.00 bits per heavy atom. The number of benzene rings is 1. The first-order valence-electron chi connectivity index (χ1n) is 4.99. The molecule has 82 valence electrons. The maximum absolute atomic E-state index is 11.0. The van der Waals surface area contributed by atoms with Crippen molar-refractivity contribution in [1.29, 1.82) is 0 Å². The molecule has 0 bridgehead atoms. The van der Waals surface area contributed by atoms with Gasteiger partial charge in [-0.25, -0.2) is 4.79 Å². The Labute approximate surface area is 90.0 Å². The van der Waals surface area contributed by atoms with Crippen LogP contribution in [0.1, 0.15) is 18.1 Å². The van der Waals surface area contributed by atoms with Crippen molar-refractivity contribution in [2.75, 3.05) is 13.2 Å². The Bertz CT molecular complexity index is 345. The van der Waals surface area contributed by atoms with Gasteiger partial charge in [0.25, 0.3) is 0 Å². The highest BCUT2D eigenvalue weighted by Crippen LogP contribution is 2.16. The van der Waals surface area contributed by atoms with E-state index in [0.29, 0.717) is 12.4 Å². The fraction of sp³-hybridized carbons (Fsp3) is 0.417. The average Bonchev–Trinajstić information content (AvgIpc) is 2.20. The van der Waals surface area contributed by atoms with Gasteiger partial charge in [-0.15, -0.1) is 0 Å². The van der Waals surface area contributed by atoms with E-state index < -0.39 is 0 Å². The second-order valence-corrected chi connectivity index (χ2v) is 3.34. The number of rotatable bonds is 4. The first-order chi connectivity index (χ1) is 7.13. The first kappa shape index (κ1) is 11.6. The van der Waals surface area contributed by atoms with Crippen molar-refractivity contribution in [3.05, 3.63) is 29.3 Å². The summed E-state index contributed by atoms with van der Waals surface area (Å²) in [7, 11) is 0. The van der Waals surface area contributed by atoms with E-state index in [0.717, 1.165) is 5.56 Å². The summed E-state index contributed by atoms with van der Waals surface area (Å²) in [6.45, 7) is 6.16. The van der Waals surface area contributed by atoms with Gasteiger partial charge in [0.2, 0.25) is 0 Å². The summed E-state index contributed by atoms with van der Waals surface area (Å²) in [6.07, 6.45) is 0. The van der Waals surface area contributed by atoms with Crippen molar-refractivity contribution in [2.45, 2.75) is 20.8 Å². The standard InChI is InChI=1S/C12H16O3/c1-4-14-12(13)8-15-11-6-5-9(2)10(3)7-11/h5-7H,4,8H2,1-3H3. The van der Waals surface area contributed by atoms with E-state index in [1.165, 1.54) is 5.56 Å². The third-order valence-electron chi connectivity index (χ3n) is 2.14. The monoisotopic (exact) mass is 208 g/mol. The molecule has 0 fully saturated rings. The summed E-state index contributed by atoms with van der Waals surface area (Å²) in [4.78, 5) is 11.0. The molecular weight excluding hydrogens is 192 g/mol. The second-order valence-electron chi connectivity index (χ2n) is 3.34. The van der Waals surface area contributed by atoms with Crippen molar-refractivity contribution >= 4 is 5.97 Å². The van der Waals surface area contributed by atoms with Crippen molar-refractivity contribution in [2.24, 2.45) is 0 Å². The molecule has 0 aliphatic rings. The lowest BCUT2D eigenvalue weighted by Crippen LogP contribution is -2.14. The van der Waals surface area contributed by atoms with Gasteiger partial charge < -0.3 is 9.47 Å². The van der Waals surface area contributed by atoms with E-state index in [1.54, 1.807) is 6.92 Å².